The first-order chi connectivity index (χ1) is 8.87. The molecule has 2 aromatic heterocycles. The summed E-state index contributed by atoms with van der Waals surface area (Å²) in [6, 6.07) is 2.95. The molecule has 2 rings (SSSR count). The van der Waals surface area contributed by atoms with Gasteiger partial charge in [0.2, 0.25) is 5.95 Å². The summed E-state index contributed by atoms with van der Waals surface area (Å²) in [6.45, 7) is 1.69. The van der Waals surface area contributed by atoms with Gasteiger partial charge in [-0.3, -0.25) is 4.98 Å². The molecule has 19 heavy (non-hydrogen) atoms. The van der Waals surface area contributed by atoms with E-state index in [2.05, 4.69) is 35.6 Å². The number of pyridine rings is 1. The predicted octanol–water partition coefficient (Wildman–Crippen LogP) is 2.40. The van der Waals surface area contributed by atoms with Gasteiger partial charge in [-0.2, -0.15) is 0 Å². The number of sulfonamides is 1. The van der Waals surface area contributed by atoms with E-state index in [1.54, 1.807) is 6.92 Å². The van der Waals surface area contributed by atoms with Crippen molar-refractivity contribution in [3.63, 3.8) is 0 Å². The zero-order valence-electron chi connectivity index (χ0n) is 9.63. The first kappa shape index (κ1) is 14.2. The van der Waals surface area contributed by atoms with Gasteiger partial charge in [-0.15, -0.1) is 0 Å². The zero-order valence-corrected chi connectivity index (χ0v) is 12.8. The Hall–Kier alpha value is -1.25. The lowest BCUT2D eigenvalue weighted by molar-refractivity contribution is 0.600. The normalized spacial score (nSPS) is 11.3. The van der Waals surface area contributed by atoms with Crippen molar-refractivity contribution in [2.75, 3.05) is 4.72 Å². The summed E-state index contributed by atoms with van der Waals surface area (Å²) in [6.07, 6.45) is 2.71. The fourth-order valence-electron chi connectivity index (χ4n) is 1.29. The highest BCUT2D eigenvalue weighted by molar-refractivity contribution is 9.10. The Labute approximate surface area is 123 Å². The van der Waals surface area contributed by atoms with Crippen LogP contribution in [0.3, 0.4) is 0 Å². The van der Waals surface area contributed by atoms with E-state index >= 15 is 0 Å². The van der Waals surface area contributed by atoms with Crippen LogP contribution >= 0.6 is 27.5 Å². The Bertz CT molecular complexity index is 703. The van der Waals surface area contributed by atoms with Gasteiger partial charge in [0.1, 0.15) is 10.0 Å². The lowest BCUT2D eigenvalue weighted by Gasteiger charge is -2.07. The maximum absolute atomic E-state index is 12.1. The van der Waals surface area contributed by atoms with Crippen molar-refractivity contribution < 1.29 is 8.42 Å². The largest absolute Gasteiger partial charge is 0.265 e. The molecule has 0 radical (unpaired) electrons. The summed E-state index contributed by atoms with van der Waals surface area (Å²) in [5.74, 6) is -0.0787. The van der Waals surface area contributed by atoms with Crippen LogP contribution in [0, 0.1) is 6.92 Å². The third kappa shape index (κ3) is 3.62. The predicted molar refractivity (Wildman–Crippen MR) is 74.5 cm³/mol. The average Bonchev–Trinajstić information content (AvgIpc) is 2.26. The number of aryl methyl sites for hydroxylation is 1. The molecular formula is C10H8BrClN4O2S. The van der Waals surface area contributed by atoms with Crippen molar-refractivity contribution in [1.82, 2.24) is 15.0 Å². The number of aromatic nitrogens is 3. The van der Waals surface area contributed by atoms with E-state index < -0.39 is 10.0 Å². The van der Waals surface area contributed by atoms with Crippen LogP contribution in [-0.4, -0.2) is 23.4 Å². The molecule has 0 bridgehead atoms. The van der Waals surface area contributed by atoms with Gasteiger partial charge in [0, 0.05) is 22.6 Å². The second-order valence-corrected chi connectivity index (χ2v) is 6.59. The molecule has 2 heterocycles. The minimum Gasteiger partial charge on any atom is -0.262 e. The second-order valence-electron chi connectivity index (χ2n) is 3.60. The fraction of sp³-hybridized carbons (Fsp3) is 0.100. The van der Waals surface area contributed by atoms with Crippen LogP contribution < -0.4 is 4.72 Å². The lowest BCUT2D eigenvalue weighted by Crippen LogP contribution is -2.15. The first-order valence-electron chi connectivity index (χ1n) is 5.01. The topological polar surface area (TPSA) is 84.8 Å². The van der Waals surface area contributed by atoms with Crippen molar-refractivity contribution in [3.05, 3.63) is 39.8 Å². The molecule has 100 valence electrons. The van der Waals surface area contributed by atoms with E-state index in [9.17, 15) is 8.42 Å². The van der Waals surface area contributed by atoms with Crippen molar-refractivity contribution >= 4 is 43.5 Å². The number of hydrogen-bond donors (Lipinski definition) is 1. The summed E-state index contributed by atoms with van der Waals surface area (Å²) in [5.41, 5.74) is 0.560. The summed E-state index contributed by atoms with van der Waals surface area (Å²) < 4.78 is 27.0. The van der Waals surface area contributed by atoms with Gasteiger partial charge in [0.05, 0.1) is 0 Å². The summed E-state index contributed by atoms with van der Waals surface area (Å²) in [5, 5.41) is 0.164. The maximum atomic E-state index is 12.1. The quantitative estimate of drug-likeness (QED) is 0.846. The number of rotatable bonds is 3. The average molecular weight is 364 g/mol. The van der Waals surface area contributed by atoms with Gasteiger partial charge in [-0.05, 0) is 35.0 Å². The highest BCUT2D eigenvalue weighted by Gasteiger charge is 2.17. The fourth-order valence-corrected chi connectivity index (χ4v) is 2.98. The number of hydrogen-bond acceptors (Lipinski definition) is 5. The van der Waals surface area contributed by atoms with Crippen LogP contribution in [0.1, 0.15) is 5.69 Å². The molecule has 0 fully saturated rings. The smallest absolute Gasteiger partial charge is 0.262 e. The van der Waals surface area contributed by atoms with Crippen molar-refractivity contribution in [2.45, 2.75) is 11.8 Å². The molecule has 0 saturated heterocycles. The number of nitrogens with zero attached hydrogens (tertiary/aromatic N) is 3. The van der Waals surface area contributed by atoms with Crippen LogP contribution in [0.25, 0.3) is 0 Å². The maximum Gasteiger partial charge on any atom is 0.265 e. The molecule has 6 nitrogen and oxygen atoms in total. The Morgan fingerprint density at radius 2 is 2.00 bits per heavy atom. The first-order valence-corrected chi connectivity index (χ1v) is 7.67. The van der Waals surface area contributed by atoms with Gasteiger partial charge in [0.15, 0.2) is 0 Å². The van der Waals surface area contributed by atoms with E-state index in [1.165, 1.54) is 24.5 Å². The molecule has 0 aliphatic rings. The van der Waals surface area contributed by atoms with Gasteiger partial charge < -0.3 is 0 Å². The van der Waals surface area contributed by atoms with Gasteiger partial charge in [-0.25, -0.2) is 23.1 Å². The van der Waals surface area contributed by atoms with Gasteiger partial charge in [0.25, 0.3) is 10.0 Å². The zero-order chi connectivity index (χ0) is 14.0. The molecule has 0 aliphatic carbocycles. The molecule has 9 heteroatoms. The van der Waals surface area contributed by atoms with E-state index in [0.717, 1.165) is 0 Å². The van der Waals surface area contributed by atoms with E-state index in [1.807, 2.05) is 0 Å². The number of anilines is 1. The highest BCUT2D eigenvalue weighted by Crippen LogP contribution is 2.17. The third-order valence-corrected chi connectivity index (χ3v) is 3.96. The Morgan fingerprint density at radius 3 is 2.63 bits per heavy atom. The van der Waals surface area contributed by atoms with Crippen LogP contribution in [0.15, 0.2) is 33.9 Å². The minimum atomic E-state index is -3.80. The molecule has 0 spiro atoms. The van der Waals surface area contributed by atoms with E-state index in [-0.39, 0.29) is 16.0 Å². The second kappa shape index (κ2) is 5.40. The van der Waals surface area contributed by atoms with Crippen LogP contribution in [-0.2, 0) is 10.0 Å². The Morgan fingerprint density at radius 1 is 1.26 bits per heavy atom. The summed E-state index contributed by atoms with van der Waals surface area (Å²) in [4.78, 5) is 11.5. The Balaban J connectivity index is 2.36. The van der Waals surface area contributed by atoms with Crippen LogP contribution in [0.5, 0.6) is 0 Å². The highest BCUT2D eigenvalue weighted by atomic mass is 79.9. The Kier molecular flexibility index (Phi) is 4.02. The van der Waals surface area contributed by atoms with Gasteiger partial charge >= 0.3 is 0 Å². The molecule has 0 amide bonds. The van der Waals surface area contributed by atoms with Crippen molar-refractivity contribution in [1.29, 1.82) is 0 Å². The summed E-state index contributed by atoms with van der Waals surface area (Å²) in [7, 11) is -3.80. The van der Waals surface area contributed by atoms with Crippen molar-refractivity contribution in [3.8, 4) is 0 Å². The van der Waals surface area contributed by atoms with E-state index in [4.69, 9.17) is 11.6 Å². The minimum absolute atomic E-state index is 0.00287. The van der Waals surface area contributed by atoms with Crippen LogP contribution in [0.4, 0.5) is 5.95 Å². The monoisotopic (exact) mass is 362 g/mol. The van der Waals surface area contributed by atoms with Crippen LogP contribution in [0.2, 0.25) is 5.15 Å². The molecule has 0 aromatic carbocycles. The van der Waals surface area contributed by atoms with Crippen molar-refractivity contribution in [2.24, 2.45) is 0 Å². The summed E-state index contributed by atoms with van der Waals surface area (Å²) >= 11 is 8.90. The third-order valence-electron chi connectivity index (χ3n) is 2.04. The molecule has 2 aromatic rings. The molecule has 0 unspecified atom stereocenters. The number of nitrogens with one attached hydrogen (secondary N) is 1. The van der Waals surface area contributed by atoms with E-state index in [0.29, 0.717) is 10.2 Å². The molecular weight excluding hydrogens is 356 g/mol. The van der Waals surface area contributed by atoms with Gasteiger partial charge in [-0.1, -0.05) is 11.6 Å². The molecule has 0 atom stereocenters. The number of halogens is 2. The standard InChI is InChI=1S/C10H8BrClN4O2S/c1-6-2-9(12)15-10(14-6)16-19(17,18)8-3-7(11)4-13-5-8/h2-5H,1H3,(H,14,15,16). The SMILES string of the molecule is Cc1cc(Cl)nc(NS(=O)(=O)c2cncc(Br)c2)n1. The molecule has 0 aliphatic heterocycles. The molecule has 0 saturated carbocycles. The molecule has 1 N–H and O–H groups in total. The lowest BCUT2D eigenvalue weighted by atomic mass is 10.5.